The molecule has 0 radical (unpaired) electrons. The molecule has 196 valence electrons. The van der Waals surface area contributed by atoms with Crippen molar-refractivity contribution in [2.24, 2.45) is 5.41 Å². The summed E-state index contributed by atoms with van der Waals surface area (Å²) in [5.74, 6) is -1.17. The summed E-state index contributed by atoms with van der Waals surface area (Å²) in [4.78, 5) is 4.83. The molecule has 1 saturated heterocycles. The Balaban J connectivity index is 1.79. The lowest BCUT2D eigenvalue weighted by molar-refractivity contribution is -0.138. The number of alkyl halides is 3. The molecule has 1 fully saturated rings. The molecule has 2 unspecified atom stereocenters. The van der Waals surface area contributed by atoms with Gasteiger partial charge < -0.3 is 19.7 Å². The highest BCUT2D eigenvalue weighted by atomic mass is 19.4. The summed E-state index contributed by atoms with van der Waals surface area (Å²) < 4.78 is 67.2. The van der Waals surface area contributed by atoms with Crippen LogP contribution in [0, 0.1) is 11.2 Å². The largest absolute Gasteiger partial charge is 0.416 e. The number of aliphatic hydroxyl groups excluding tert-OH is 2. The molecule has 0 saturated carbocycles. The van der Waals surface area contributed by atoms with E-state index in [0.29, 0.717) is 66.6 Å². The third kappa shape index (κ3) is 3.86. The Labute approximate surface area is 207 Å². The SMILES string of the molecule is CC(C)c1nc2c(c3c1C(c1ccc(C(F)(F)F)cc1F)OC31CCOCC1)C(O)CC(C)(C)[C@@H]2O. The van der Waals surface area contributed by atoms with Crippen LogP contribution in [0.4, 0.5) is 17.6 Å². The van der Waals surface area contributed by atoms with E-state index in [1.165, 1.54) is 0 Å². The summed E-state index contributed by atoms with van der Waals surface area (Å²) in [6.45, 7) is 8.32. The van der Waals surface area contributed by atoms with Crippen molar-refractivity contribution in [3.05, 3.63) is 63.2 Å². The molecule has 1 aromatic carbocycles. The standard InChI is InChI=1S/C27H31F4NO4/c1-13(2)21-19-20(18-17(33)12-25(3,4)24(34)22(18)32-21)26(7-9-35-10-8-26)36-23(19)15-6-5-14(11-16(15)28)27(29,30)31/h5-6,11,13,17,23-24,33-34H,7-10,12H2,1-4H3/t17?,23?,24-/m1/s1. The number of pyridine rings is 1. The van der Waals surface area contributed by atoms with Gasteiger partial charge >= 0.3 is 6.18 Å². The second-order valence-electron chi connectivity index (χ2n) is 11.2. The second-order valence-corrected chi connectivity index (χ2v) is 11.2. The van der Waals surface area contributed by atoms with Gasteiger partial charge in [0.15, 0.2) is 0 Å². The van der Waals surface area contributed by atoms with E-state index < -0.39 is 46.9 Å². The zero-order chi connectivity index (χ0) is 26.2. The van der Waals surface area contributed by atoms with E-state index in [2.05, 4.69) is 0 Å². The molecule has 1 spiro atoms. The van der Waals surface area contributed by atoms with E-state index in [9.17, 15) is 23.4 Å². The zero-order valence-corrected chi connectivity index (χ0v) is 20.7. The van der Waals surface area contributed by atoms with Crippen molar-refractivity contribution >= 4 is 0 Å². The molecular weight excluding hydrogens is 478 g/mol. The summed E-state index contributed by atoms with van der Waals surface area (Å²) in [7, 11) is 0. The molecule has 0 bridgehead atoms. The van der Waals surface area contributed by atoms with Crippen LogP contribution < -0.4 is 0 Å². The minimum absolute atomic E-state index is 0.0116. The molecule has 3 heterocycles. The van der Waals surface area contributed by atoms with Gasteiger partial charge in [-0.15, -0.1) is 0 Å². The predicted octanol–water partition coefficient (Wildman–Crippen LogP) is 5.98. The van der Waals surface area contributed by atoms with Crippen LogP contribution in [0.5, 0.6) is 0 Å². The summed E-state index contributed by atoms with van der Waals surface area (Å²) in [6, 6.07) is 2.48. The molecule has 2 aliphatic heterocycles. The Bertz CT molecular complexity index is 1190. The van der Waals surface area contributed by atoms with Gasteiger partial charge in [0.2, 0.25) is 0 Å². The van der Waals surface area contributed by atoms with E-state index in [1.807, 2.05) is 27.7 Å². The van der Waals surface area contributed by atoms with Crippen LogP contribution in [0.25, 0.3) is 0 Å². The van der Waals surface area contributed by atoms with Crippen LogP contribution in [0.3, 0.4) is 0 Å². The van der Waals surface area contributed by atoms with E-state index in [0.717, 1.165) is 12.1 Å². The number of fused-ring (bicyclic) bond motifs is 4. The fourth-order valence-electron chi connectivity index (χ4n) is 6.02. The van der Waals surface area contributed by atoms with Crippen LogP contribution in [0.15, 0.2) is 18.2 Å². The van der Waals surface area contributed by atoms with Gasteiger partial charge in [0.25, 0.3) is 0 Å². The lowest BCUT2D eigenvalue weighted by Gasteiger charge is -2.42. The summed E-state index contributed by atoms with van der Waals surface area (Å²) in [5, 5.41) is 22.6. The smallest absolute Gasteiger partial charge is 0.388 e. The van der Waals surface area contributed by atoms with Gasteiger partial charge in [0.05, 0.1) is 23.0 Å². The molecule has 5 rings (SSSR count). The molecule has 2 aromatic rings. The van der Waals surface area contributed by atoms with Crippen molar-refractivity contribution in [1.82, 2.24) is 4.98 Å². The monoisotopic (exact) mass is 509 g/mol. The molecule has 1 aromatic heterocycles. The van der Waals surface area contributed by atoms with Gasteiger partial charge in [0, 0.05) is 48.4 Å². The Hall–Kier alpha value is -2.07. The van der Waals surface area contributed by atoms with Crippen molar-refractivity contribution in [2.75, 3.05) is 13.2 Å². The minimum atomic E-state index is -4.67. The maximum absolute atomic E-state index is 15.3. The molecule has 3 atom stereocenters. The first kappa shape index (κ1) is 25.6. The first-order valence-corrected chi connectivity index (χ1v) is 12.3. The Morgan fingerprint density at radius 1 is 1.08 bits per heavy atom. The highest BCUT2D eigenvalue weighted by Crippen LogP contribution is 2.59. The Morgan fingerprint density at radius 2 is 1.75 bits per heavy atom. The summed E-state index contributed by atoms with van der Waals surface area (Å²) >= 11 is 0. The van der Waals surface area contributed by atoms with Crippen molar-refractivity contribution in [3.63, 3.8) is 0 Å². The van der Waals surface area contributed by atoms with Crippen LogP contribution >= 0.6 is 0 Å². The van der Waals surface area contributed by atoms with E-state index in [4.69, 9.17) is 14.5 Å². The number of ether oxygens (including phenoxy) is 2. The maximum atomic E-state index is 15.3. The van der Waals surface area contributed by atoms with E-state index >= 15 is 4.39 Å². The Kier molecular flexibility index (Phi) is 6.02. The van der Waals surface area contributed by atoms with Gasteiger partial charge in [-0.05, 0) is 35.4 Å². The highest BCUT2D eigenvalue weighted by molar-refractivity contribution is 5.55. The summed E-state index contributed by atoms with van der Waals surface area (Å²) in [6.07, 6.45) is -6.39. The van der Waals surface area contributed by atoms with Crippen molar-refractivity contribution < 1.29 is 37.2 Å². The average molecular weight is 510 g/mol. The molecule has 3 aliphatic rings. The van der Waals surface area contributed by atoms with Crippen LogP contribution in [0.1, 0.15) is 110 Å². The molecule has 2 N–H and O–H groups in total. The molecule has 36 heavy (non-hydrogen) atoms. The molecule has 9 heteroatoms. The number of hydrogen-bond donors (Lipinski definition) is 2. The molecular formula is C27H31F4NO4. The topological polar surface area (TPSA) is 71.8 Å². The number of aromatic nitrogens is 1. The number of aliphatic hydroxyl groups is 2. The lowest BCUT2D eigenvalue weighted by Crippen LogP contribution is -2.38. The first-order valence-electron chi connectivity index (χ1n) is 12.3. The highest BCUT2D eigenvalue weighted by Gasteiger charge is 2.54. The predicted molar refractivity (Wildman–Crippen MR) is 123 cm³/mol. The molecule has 5 nitrogen and oxygen atoms in total. The normalized spacial score (nSPS) is 26.8. The van der Waals surface area contributed by atoms with Crippen molar-refractivity contribution in [2.45, 2.75) is 83.0 Å². The quantitative estimate of drug-likeness (QED) is 0.487. The second kappa shape index (κ2) is 8.48. The number of halogens is 4. The number of benzene rings is 1. The van der Waals surface area contributed by atoms with Crippen molar-refractivity contribution in [1.29, 1.82) is 0 Å². The van der Waals surface area contributed by atoms with Crippen LogP contribution in [-0.4, -0.2) is 28.4 Å². The van der Waals surface area contributed by atoms with E-state index in [1.54, 1.807) is 0 Å². The molecule has 1 aliphatic carbocycles. The van der Waals surface area contributed by atoms with Crippen molar-refractivity contribution in [3.8, 4) is 0 Å². The maximum Gasteiger partial charge on any atom is 0.416 e. The van der Waals surface area contributed by atoms with Gasteiger partial charge in [-0.25, -0.2) is 4.39 Å². The average Bonchev–Trinajstić information content (AvgIpc) is 3.10. The lowest BCUT2D eigenvalue weighted by atomic mass is 9.68. The van der Waals surface area contributed by atoms with Gasteiger partial charge in [0.1, 0.15) is 18.0 Å². The Morgan fingerprint density at radius 3 is 2.33 bits per heavy atom. The molecule has 0 amide bonds. The third-order valence-electron chi connectivity index (χ3n) is 7.90. The fourth-order valence-corrected chi connectivity index (χ4v) is 6.02. The number of nitrogens with zero attached hydrogens (tertiary/aromatic N) is 1. The third-order valence-corrected chi connectivity index (χ3v) is 7.90. The zero-order valence-electron chi connectivity index (χ0n) is 20.7. The van der Waals surface area contributed by atoms with E-state index in [-0.39, 0.29) is 11.5 Å². The summed E-state index contributed by atoms with van der Waals surface area (Å²) in [5.41, 5.74) is 0.0947. The van der Waals surface area contributed by atoms with Gasteiger partial charge in [-0.2, -0.15) is 13.2 Å². The van der Waals surface area contributed by atoms with Crippen LogP contribution in [-0.2, 0) is 21.3 Å². The minimum Gasteiger partial charge on any atom is -0.388 e. The van der Waals surface area contributed by atoms with Gasteiger partial charge in [-0.1, -0.05) is 33.8 Å². The van der Waals surface area contributed by atoms with Crippen LogP contribution in [0.2, 0.25) is 0 Å². The fraction of sp³-hybridized carbons (Fsp3) is 0.593. The number of rotatable bonds is 2. The van der Waals surface area contributed by atoms with Gasteiger partial charge in [-0.3, -0.25) is 4.98 Å². The number of hydrogen-bond acceptors (Lipinski definition) is 5. The first-order chi connectivity index (χ1) is 16.8.